The van der Waals surface area contributed by atoms with Crippen molar-refractivity contribution in [3.8, 4) is 5.69 Å². The molecule has 1 aromatic carbocycles. The quantitative estimate of drug-likeness (QED) is 0.359. The molecule has 17 heavy (non-hydrogen) atoms. The molecule has 0 bridgehead atoms. The summed E-state index contributed by atoms with van der Waals surface area (Å²) in [6.07, 6.45) is 3.25. The average Bonchev–Trinajstić information content (AvgIpc) is 2.75. The third kappa shape index (κ3) is 2.15. The van der Waals surface area contributed by atoms with Crippen molar-refractivity contribution in [2.45, 2.75) is 0 Å². The van der Waals surface area contributed by atoms with Gasteiger partial charge in [-0.3, -0.25) is 4.79 Å². The van der Waals surface area contributed by atoms with Crippen LogP contribution < -0.4 is 5.32 Å². The molecule has 2 N–H and O–H groups in total. The van der Waals surface area contributed by atoms with Gasteiger partial charge in [0.05, 0.1) is 23.7 Å². The number of carbonyl (C=O) groups excluding carboxylic acids is 1. The smallest absolute Gasteiger partial charge is 0.212 e. The predicted octanol–water partition coefficient (Wildman–Crippen LogP) is 1.25. The fourth-order valence-electron chi connectivity index (χ4n) is 1.48. The molecule has 6 heteroatoms. The molecule has 1 amide bonds. The van der Waals surface area contributed by atoms with Gasteiger partial charge in [-0.15, -0.1) is 0 Å². The molecule has 0 unspecified atom stereocenters. The first-order valence-electron chi connectivity index (χ1n) is 4.88. The first kappa shape index (κ1) is 10.9. The second-order valence-electron chi connectivity index (χ2n) is 3.20. The lowest BCUT2D eigenvalue weighted by molar-refractivity contribution is -0.105. The van der Waals surface area contributed by atoms with E-state index < -0.39 is 0 Å². The molecule has 0 atom stereocenters. The largest absolute Gasteiger partial charge is 0.411 e. The molecular formula is C11H10N4O2. The molecule has 2 rings (SSSR count). The van der Waals surface area contributed by atoms with E-state index in [1.165, 1.54) is 12.4 Å². The minimum Gasteiger partial charge on any atom is -0.411 e. The van der Waals surface area contributed by atoms with E-state index in [0.29, 0.717) is 17.8 Å². The van der Waals surface area contributed by atoms with Crippen LogP contribution >= 0.6 is 0 Å². The number of nitrogens with zero attached hydrogens (tertiary/aromatic N) is 3. The molecule has 0 aliphatic heterocycles. The van der Waals surface area contributed by atoms with Crippen LogP contribution in [-0.4, -0.2) is 27.6 Å². The molecule has 0 fully saturated rings. The van der Waals surface area contributed by atoms with Crippen molar-refractivity contribution in [2.75, 3.05) is 5.32 Å². The van der Waals surface area contributed by atoms with E-state index in [1.807, 2.05) is 30.3 Å². The summed E-state index contributed by atoms with van der Waals surface area (Å²) in [6.45, 7) is 0. The maximum absolute atomic E-state index is 10.6. The molecule has 0 radical (unpaired) electrons. The molecule has 0 saturated heterocycles. The number of rotatable bonds is 4. The summed E-state index contributed by atoms with van der Waals surface area (Å²) >= 11 is 0. The normalized spacial score (nSPS) is 10.6. The molecule has 0 aliphatic rings. The molecular weight excluding hydrogens is 220 g/mol. The van der Waals surface area contributed by atoms with Crippen molar-refractivity contribution in [3.05, 3.63) is 42.1 Å². The van der Waals surface area contributed by atoms with Crippen LogP contribution in [-0.2, 0) is 4.79 Å². The number of hydrogen-bond acceptors (Lipinski definition) is 4. The first-order chi connectivity index (χ1) is 8.36. The van der Waals surface area contributed by atoms with Crippen molar-refractivity contribution in [2.24, 2.45) is 5.16 Å². The lowest BCUT2D eigenvalue weighted by Crippen LogP contribution is -2.05. The lowest BCUT2D eigenvalue weighted by Gasteiger charge is -2.06. The van der Waals surface area contributed by atoms with Crippen LogP contribution in [0.25, 0.3) is 5.69 Å². The van der Waals surface area contributed by atoms with Crippen molar-refractivity contribution < 1.29 is 10.0 Å². The Labute approximate surface area is 97.2 Å². The van der Waals surface area contributed by atoms with E-state index in [0.717, 1.165) is 5.69 Å². The molecule has 1 aromatic heterocycles. The van der Waals surface area contributed by atoms with E-state index >= 15 is 0 Å². The van der Waals surface area contributed by atoms with Gasteiger partial charge in [0, 0.05) is 0 Å². The zero-order valence-electron chi connectivity index (χ0n) is 8.82. The predicted molar refractivity (Wildman–Crippen MR) is 62.6 cm³/mol. The van der Waals surface area contributed by atoms with Gasteiger partial charge in [-0.1, -0.05) is 23.4 Å². The topological polar surface area (TPSA) is 79.5 Å². The minimum atomic E-state index is 0.448. The Morgan fingerprint density at radius 2 is 2.12 bits per heavy atom. The summed E-state index contributed by atoms with van der Waals surface area (Å²) in [5, 5.41) is 18.1. The average molecular weight is 230 g/mol. The summed E-state index contributed by atoms with van der Waals surface area (Å²) in [5.41, 5.74) is 1.32. The highest BCUT2D eigenvalue weighted by atomic mass is 16.4. The van der Waals surface area contributed by atoms with Crippen LogP contribution in [0.1, 0.15) is 5.56 Å². The number of oxime groups is 1. The van der Waals surface area contributed by atoms with Gasteiger partial charge in [0.25, 0.3) is 0 Å². The Morgan fingerprint density at radius 1 is 1.35 bits per heavy atom. The van der Waals surface area contributed by atoms with Crippen molar-refractivity contribution >= 4 is 18.4 Å². The third-order valence-electron chi connectivity index (χ3n) is 2.19. The highest BCUT2D eigenvalue weighted by Gasteiger charge is 2.09. The fourth-order valence-corrected chi connectivity index (χ4v) is 1.48. The molecule has 0 aliphatic carbocycles. The van der Waals surface area contributed by atoms with Gasteiger partial charge in [-0.25, -0.2) is 4.68 Å². The summed E-state index contributed by atoms with van der Waals surface area (Å²) in [6, 6.07) is 9.31. The minimum absolute atomic E-state index is 0.448. The van der Waals surface area contributed by atoms with E-state index in [4.69, 9.17) is 5.21 Å². The van der Waals surface area contributed by atoms with Crippen LogP contribution in [0.15, 0.2) is 41.7 Å². The Hall–Kier alpha value is -2.63. The highest BCUT2D eigenvalue weighted by Crippen LogP contribution is 2.18. The number of para-hydroxylation sites is 1. The second kappa shape index (κ2) is 4.93. The molecule has 86 valence electrons. The van der Waals surface area contributed by atoms with Gasteiger partial charge in [-0.05, 0) is 12.1 Å². The van der Waals surface area contributed by atoms with Crippen LogP contribution in [0.4, 0.5) is 5.82 Å². The van der Waals surface area contributed by atoms with E-state index in [1.54, 1.807) is 4.68 Å². The molecule has 0 spiro atoms. The molecule has 1 heterocycles. The standard InChI is InChI=1S/C11H10N4O2/c16-8-12-11-9(7-14-17)6-13-15(11)10-4-2-1-3-5-10/h1-8,17H,(H,12,16)/b14-7+. The first-order valence-corrected chi connectivity index (χ1v) is 4.88. The van der Waals surface area contributed by atoms with Crippen LogP contribution in [0, 0.1) is 0 Å². The number of carbonyl (C=O) groups is 1. The van der Waals surface area contributed by atoms with E-state index in [-0.39, 0.29) is 0 Å². The van der Waals surface area contributed by atoms with Gasteiger partial charge in [0.15, 0.2) is 0 Å². The van der Waals surface area contributed by atoms with Crippen LogP contribution in [0.2, 0.25) is 0 Å². The van der Waals surface area contributed by atoms with Gasteiger partial charge < -0.3 is 10.5 Å². The van der Waals surface area contributed by atoms with Crippen molar-refractivity contribution in [1.29, 1.82) is 0 Å². The monoisotopic (exact) mass is 230 g/mol. The van der Waals surface area contributed by atoms with Crippen LogP contribution in [0.5, 0.6) is 0 Å². The molecule has 6 nitrogen and oxygen atoms in total. The van der Waals surface area contributed by atoms with Gasteiger partial charge in [-0.2, -0.15) is 5.10 Å². The van der Waals surface area contributed by atoms with Crippen LogP contribution in [0.3, 0.4) is 0 Å². The third-order valence-corrected chi connectivity index (χ3v) is 2.19. The Balaban J connectivity index is 2.51. The summed E-state index contributed by atoms with van der Waals surface area (Å²) in [7, 11) is 0. The lowest BCUT2D eigenvalue weighted by atomic mass is 10.3. The fraction of sp³-hybridized carbons (Fsp3) is 0. The molecule has 2 aromatic rings. The number of anilines is 1. The Kier molecular flexibility index (Phi) is 3.15. The van der Waals surface area contributed by atoms with Gasteiger partial charge >= 0.3 is 0 Å². The maximum atomic E-state index is 10.6. The summed E-state index contributed by atoms with van der Waals surface area (Å²) in [4.78, 5) is 10.6. The second-order valence-corrected chi connectivity index (χ2v) is 3.20. The van der Waals surface area contributed by atoms with E-state index in [9.17, 15) is 4.79 Å². The summed E-state index contributed by atoms with van der Waals surface area (Å²) < 4.78 is 1.55. The Bertz CT molecular complexity index is 534. The molecule has 0 saturated carbocycles. The van der Waals surface area contributed by atoms with E-state index in [2.05, 4.69) is 15.6 Å². The number of aromatic nitrogens is 2. The number of amides is 1. The maximum Gasteiger partial charge on any atom is 0.212 e. The number of hydrogen-bond donors (Lipinski definition) is 2. The number of benzene rings is 1. The zero-order chi connectivity index (χ0) is 12.1. The number of nitrogens with one attached hydrogen (secondary N) is 1. The van der Waals surface area contributed by atoms with Crippen molar-refractivity contribution in [3.63, 3.8) is 0 Å². The van der Waals surface area contributed by atoms with Crippen molar-refractivity contribution in [1.82, 2.24) is 9.78 Å². The summed E-state index contributed by atoms with van der Waals surface area (Å²) in [5.74, 6) is 0.448. The van der Waals surface area contributed by atoms with Gasteiger partial charge in [0.1, 0.15) is 5.82 Å². The Morgan fingerprint density at radius 3 is 2.76 bits per heavy atom. The highest BCUT2D eigenvalue weighted by molar-refractivity contribution is 5.89. The van der Waals surface area contributed by atoms with Gasteiger partial charge in [0.2, 0.25) is 6.41 Å². The SMILES string of the molecule is O=CNc1c(/C=N/O)cnn1-c1ccccc1. The zero-order valence-corrected chi connectivity index (χ0v) is 8.82.